The minimum Gasteiger partial charge on any atom is -0.361 e. The van der Waals surface area contributed by atoms with E-state index in [9.17, 15) is 0 Å². The number of rotatable bonds is 4. The number of aromatic nitrogens is 1. The van der Waals surface area contributed by atoms with Crippen LogP contribution in [0.3, 0.4) is 0 Å². The number of fused-ring (bicyclic) bond motifs is 1. The smallest absolute Gasteiger partial charge is 0.193 e. The maximum absolute atomic E-state index is 4.92. The van der Waals surface area contributed by atoms with E-state index < -0.39 is 0 Å². The maximum Gasteiger partial charge on any atom is 0.193 e. The van der Waals surface area contributed by atoms with Crippen LogP contribution in [-0.4, -0.2) is 42.0 Å². The summed E-state index contributed by atoms with van der Waals surface area (Å²) < 4.78 is 0. The highest BCUT2D eigenvalue weighted by Crippen LogP contribution is 2.47. The molecule has 4 nitrogen and oxygen atoms in total. The minimum absolute atomic E-state index is 0. The van der Waals surface area contributed by atoms with Gasteiger partial charge in [0.2, 0.25) is 0 Å². The van der Waals surface area contributed by atoms with Crippen molar-refractivity contribution in [2.24, 2.45) is 10.4 Å². The molecule has 2 aliphatic rings. The van der Waals surface area contributed by atoms with Crippen LogP contribution in [0.5, 0.6) is 0 Å². The Morgan fingerprint density at radius 2 is 2.12 bits per heavy atom. The van der Waals surface area contributed by atoms with Crippen LogP contribution in [0.2, 0.25) is 0 Å². The Bertz CT molecular complexity index is 732. The first-order chi connectivity index (χ1) is 11.8. The molecule has 1 spiro atoms. The van der Waals surface area contributed by atoms with E-state index in [4.69, 9.17) is 4.99 Å². The van der Waals surface area contributed by atoms with E-state index in [1.807, 2.05) is 0 Å². The topological polar surface area (TPSA) is 43.4 Å². The van der Waals surface area contributed by atoms with E-state index in [2.05, 4.69) is 52.6 Å². The third kappa shape index (κ3) is 3.81. The summed E-state index contributed by atoms with van der Waals surface area (Å²) in [5.74, 6) is 1.11. The van der Waals surface area contributed by atoms with E-state index in [1.165, 1.54) is 55.2 Å². The van der Waals surface area contributed by atoms with Crippen molar-refractivity contribution in [2.75, 3.05) is 26.2 Å². The van der Waals surface area contributed by atoms with Crippen LogP contribution in [-0.2, 0) is 6.42 Å². The standard InChI is InChI=1S/C20H28N4.HI/c1-2-21-19(24-13-11-20(15-24)9-5-10-20)22-12-8-16-14-23-18-7-4-3-6-17(16)18;/h3-4,6-7,14,23H,2,5,8-13,15H2,1H3,(H,21,22);1H. The summed E-state index contributed by atoms with van der Waals surface area (Å²) in [7, 11) is 0. The molecule has 1 saturated carbocycles. The monoisotopic (exact) mass is 452 g/mol. The molecule has 2 aromatic rings. The number of guanidine groups is 1. The maximum atomic E-state index is 4.92. The Morgan fingerprint density at radius 1 is 1.28 bits per heavy atom. The highest BCUT2D eigenvalue weighted by Gasteiger charge is 2.43. The number of hydrogen-bond acceptors (Lipinski definition) is 1. The molecule has 0 radical (unpaired) electrons. The van der Waals surface area contributed by atoms with Crippen molar-refractivity contribution in [1.82, 2.24) is 15.2 Å². The molecule has 4 rings (SSSR count). The quantitative estimate of drug-likeness (QED) is 0.416. The van der Waals surface area contributed by atoms with Crippen LogP contribution in [0.1, 0.15) is 38.2 Å². The van der Waals surface area contributed by atoms with Crippen LogP contribution < -0.4 is 5.32 Å². The largest absolute Gasteiger partial charge is 0.361 e. The van der Waals surface area contributed by atoms with Crippen molar-refractivity contribution >= 4 is 40.8 Å². The average Bonchev–Trinajstić information content (AvgIpc) is 3.19. The number of para-hydroxylation sites is 1. The summed E-state index contributed by atoms with van der Waals surface area (Å²) in [5.41, 5.74) is 3.20. The van der Waals surface area contributed by atoms with E-state index in [1.54, 1.807) is 0 Å². The zero-order valence-electron chi connectivity index (χ0n) is 15.1. The van der Waals surface area contributed by atoms with E-state index in [0.717, 1.165) is 25.5 Å². The fourth-order valence-corrected chi connectivity index (χ4v) is 4.25. The number of aliphatic imine (C=N–C) groups is 1. The van der Waals surface area contributed by atoms with Gasteiger partial charge in [-0.1, -0.05) is 24.6 Å². The first kappa shape index (κ1) is 18.5. The van der Waals surface area contributed by atoms with Gasteiger partial charge in [-0.2, -0.15) is 0 Å². The molecule has 5 heteroatoms. The van der Waals surface area contributed by atoms with Gasteiger partial charge in [-0.3, -0.25) is 4.99 Å². The molecule has 1 aliphatic heterocycles. The molecule has 0 amide bonds. The molecule has 1 saturated heterocycles. The molecule has 25 heavy (non-hydrogen) atoms. The fourth-order valence-electron chi connectivity index (χ4n) is 4.25. The lowest BCUT2D eigenvalue weighted by molar-refractivity contribution is 0.151. The zero-order valence-corrected chi connectivity index (χ0v) is 17.4. The van der Waals surface area contributed by atoms with Gasteiger partial charge in [-0.05, 0) is 49.7 Å². The Hall–Kier alpha value is -1.24. The normalized spacial score (nSPS) is 19.1. The number of likely N-dealkylation sites (tertiary alicyclic amines) is 1. The molecule has 0 unspecified atom stereocenters. The van der Waals surface area contributed by atoms with Crippen LogP contribution in [0.15, 0.2) is 35.5 Å². The molecule has 0 bridgehead atoms. The summed E-state index contributed by atoms with van der Waals surface area (Å²) in [6.07, 6.45) is 8.71. The lowest BCUT2D eigenvalue weighted by Crippen LogP contribution is -2.42. The number of hydrogen-bond donors (Lipinski definition) is 2. The van der Waals surface area contributed by atoms with Crippen LogP contribution in [0.25, 0.3) is 10.9 Å². The van der Waals surface area contributed by atoms with Gasteiger partial charge in [0.15, 0.2) is 5.96 Å². The van der Waals surface area contributed by atoms with Crippen LogP contribution >= 0.6 is 24.0 Å². The van der Waals surface area contributed by atoms with Crippen molar-refractivity contribution in [2.45, 2.75) is 39.0 Å². The van der Waals surface area contributed by atoms with Gasteiger partial charge in [0.25, 0.3) is 0 Å². The van der Waals surface area contributed by atoms with Gasteiger partial charge in [-0.25, -0.2) is 0 Å². The summed E-state index contributed by atoms with van der Waals surface area (Å²) in [4.78, 5) is 10.8. The number of H-pyrrole nitrogens is 1. The average molecular weight is 452 g/mol. The first-order valence-corrected chi connectivity index (χ1v) is 9.38. The second-order valence-corrected chi connectivity index (χ2v) is 7.37. The number of nitrogens with one attached hydrogen (secondary N) is 2. The molecule has 1 aromatic carbocycles. The SMILES string of the molecule is CCNC(=NCCc1c[nH]c2ccccc12)N1CCC2(CCC2)C1.I. The van der Waals surface area contributed by atoms with Crippen LogP contribution in [0.4, 0.5) is 0 Å². The summed E-state index contributed by atoms with van der Waals surface area (Å²) in [6.45, 7) is 6.30. The highest BCUT2D eigenvalue weighted by molar-refractivity contribution is 14.0. The van der Waals surface area contributed by atoms with E-state index in [0.29, 0.717) is 5.41 Å². The van der Waals surface area contributed by atoms with Crippen LogP contribution in [0, 0.1) is 5.41 Å². The van der Waals surface area contributed by atoms with Crippen molar-refractivity contribution in [1.29, 1.82) is 0 Å². The predicted octanol–water partition coefficient (Wildman–Crippen LogP) is 4.17. The van der Waals surface area contributed by atoms with Crippen molar-refractivity contribution < 1.29 is 0 Å². The Morgan fingerprint density at radius 3 is 2.84 bits per heavy atom. The van der Waals surface area contributed by atoms with Crippen molar-refractivity contribution in [3.63, 3.8) is 0 Å². The predicted molar refractivity (Wildman–Crippen MR) is 116 cm³/mol. The molecular weight excluding hydrogens is 423 g/mol. The number of aromatic amines is 1. The van der Waals surface area contributed by atoms with Crippen molar-refractivity contribution in [3.05, 3.63) is 36.0 Å². The number of halogens is 1. The lowest BCUT2D eigenvalue weighted by atomic mass is 9.68. The van der Waals surface area contributed by atoms with Gasteiger partial charge < -0.3 is 15.2 Å². The third-order valence-electron chi connectivity index (χ3n) is 5.80. The molecule has 0 atom stereocenters. The molecule has 2 heterocycles. The molecule has 2 N–H and O–H groups in total. The Kier molecular flexibility index (Phi) is 5.92. The van der Waals surface area contributed by atoms with E-state index in [-0.39, 0.29) is 24.0 Å². The first-order valence-electron chi connectivity index (χ1n) is 9.38. The lowest BCUT2D eigenvalue weighted by Gasteiger charge is -2.38. The molecule has 1 aromatic heterocycles. The summed E-state index contributed by atoms with van der Waals surface area (Å²) >= 11 is 0. The number of nitrogens with zero attached hydrogens (tertiary/aromatic N) is 2. The third-order valence-corrected chi connectivity index (χ3v) is 5.80. The molecular formula is C20H29IN4. The molecule has 1 aliphatic carbocycles. The van der Waals surface area contributed by atoms with Gasteiger partial charge in [0.05, 0.1) is 0 Å². The highest BCUT2D eigenvalue weighted by atomic mass is 127. The number of benzene rings is 1. The molecule has 136 valence electrons. The van der Waals surface area contributed by atoms with E-state index >= 15 is 0 Å². The minimum atomic E-state index is 0. The fraction of sp³-hybridized carbons (Fsp3) is 0.550. The van der Waals surface area contributed by atoms with Gasteiger partial charge in [-0.15, -0.1) is 24.0 Å². The summed E-state index contributed by atoms with van der Waals surface area (Å²) in [5, 5.41) is 4.82. The molecule has 2 fully saturated rings. The van der Waals surface area contributed by atoms with Gasteiger partial charge in [0, 0.05) is 43.3 Å². The zero-order chi connectivity index (χ0) is 16.4. The second kappa shape index (κ2) is 7.98. The summed E-state index contributed by atoms with van der Waals surface area (Å²) in [6, 6.07) is 8.51. The van der Waals surface area contributed by atoms with Gasteiger partial charge in [0.1, 0.15) is 0 Å². The second-order valence-electron chi connectivity index (χ2n) is 7.37. The van der Waals surface area contributed by atoms with Gasteiger partial charge >= 0.3 is 0 Å². The Labute approximate surface area is 167 Å². The Balaban J connectivity index is 0.00000182. The van der Waals surface area contributed by atoms with Crippen molar-refractivity contribution in [3.8, 4) is 0 Å².